The summed E-state index contributed by atoms with van der Waals surface area (Å²) in [4.78, 5) is 31.6. The Kier molecular flexibility index (Phi) is 6.97. The standard InChI is InChI=1S/C27H25ClN4O2S/c28-22-17-19(10-11-21(22)25(33)31-26-30-23-8-4-5-9-24(23)35-26)16-18-12-14-32(15-13-18)27(34)29-20-6-2-1-3-7-20/h1-11,17-18H,12-16H2,(H,29,34)(H,30,31,33). The number of nitrogens with zero attached hydrogens (tertiary/aromatic N) is 2. The molecule has 3 aromatic carbocycles. The Morgan fingerprint density at radius 2 is 1.71 bits per heavy atom. The van der Waals surface area contributed by atoms with Gasteiger partial charge in [0.2, 0.25) is 0 Å². The molecule has 1 aliphatic heterocycles. The van der Waals surface area contributed by atoms with Crippen molar-refractivity contribution in [2.24, 2.45) is 5.92 Å². The SMILES string of the molecule is O=C(Nc1nc2ccccc2s1)c1ccc(CC2CCN(C(=O)Nc3ccccc3)CC2)cc1Cl. The quantitative estimate of drug-likeness (QED) is 0.318. The number of fused-ring (bicyclic) bond motifs is 1. The molecule has 1 aromatic heterocycles. The number of carbonyl (C=O) groups excluding carboxylic acids is 2. The van der Waals surface area contributed by atoms with Crippen LogP contribution in [-0.4, -0.2) is 34.9 Å². The fourth-order valence-electron chi connectivity index (χ4n) is 4.36. The maximum atomic E-state index is 12.8. The van der Waals surface area contributed by atoms with Gasteiger partial charge in [0, 0.05) is 18.8 Å². The lowest BCUT2D eigenvalue weighted by atomic mass is 9.90. The van der Waals surface area contributed by atoms with Crippen LogP contribution in [0.3, 0.4) is 0 Å². The summed E-state index contributed by atoms with van der Waals surface area (Å²) in [6.45, 7) is 1.44. The summed E-state index contributed by atoms with van der Waals surface area (Å²) in [6, 6.07) is 22.8. The van der Waals surface area contributed by atoms with Crippen molar-refractivity contribution in [3.8, 4) is 0 Å². The highest BCUT2D eigenvalue weighted by atomic mass is 35.5. The Bertz CT molecular complexity index is 1320. The molecule has 1 saturated heterocycles. The van der Waals surface area contributed by atoms with Gasteiger partial charge < -0.3 is 10.2 Å². The third-order valence-electron chi connectivity index (χ3n) is 6.24. The van der Waals surface area contributed by atoms with Crippen LogP contribution in [0.25, 0.3) is 10.2 Å². The Morgan fingerprint density at radius 3 is 2.46 bits per heavy atom. The monoisotopic (exact) mass is 504 g/mol. The molecule has 2 N–H and O–H groups in total. The van der Waals surface area contributed by atoms with Crippen LogP contribution in [-0.2, 0) is 6.42 Å². The van der Waals surface area contributed by atoms with E-state index in [1.54, 1.807) is 6.07 Å². The zero-order valence-electron chi connectivity index (χ0n) is 19.0. The van der Waals surface area contributed by atoms with Crippen molar-refractivity contribution in [1.29, 1.82) is 0 Å². The highest BCUT2D eigenvalue weighted by molar-refractivity contribution is 7.22. The van der Waals surface area contributed by atoms with Gasteiger partial charge in [0.05, 0.1) is 20.8 Å². The smallest absolute Gasteiger partial charge is 0.321 e. The van der Waals surface area contributed by atoms with Gasteiger partial charge in [0.15, 0.2) is 5.13 Å². The largest absolute Gasteiger partial charge is 0.325 e. The van der Waals surface area contributed by atoms with Crippen molar-refractivity contribution in [3.05, 3.63) is 88.9 Å². The van der Waals surface area contributed by atoms with Gasteiger partial charge in [-0.25, -0.2) is 9.78 Å². The molecular weight excluding hydrogens is 480 g/mol. The van der Waals surface area contributed by atoms with E-state index < -0.39 is 0 Å². The van der Waals surface area contributed by atoms with Crippen molar-refractivity contribution < 1.29 is 9.59 Å². The summed E-state index contributed by atoms with van der Waals surface area (Å²) in [5, 5.41) is 6.80. The molecule has 0 unspecified atom stereocenters. The second-order valence-corrected chi connectivity index (χ2v) is 10.1. The summed E-state index contributed by atoms with van der Waals surface area (Å²) < 4.78 is 1.02. The highest BCUT2D eigenvalue weighted by Crippen LogP contribution is 2.28. The van der Waals surface area contributed by atoms with Gasteiger partial charge in [-0.2, -0.15) is 0 Å². The van der Waals surface area contributed by atoms with E-state index >= 15 is 0 Å². The molecule has 3 amide bonds. The molecular formula is C27H25ClN4O2S. The predicted octanol–water partition coefficient (Wildman–Crippen LogP) is 6.69. The maximum Gasteiger partial charge on any atom is 0.321 e. The number of halogens is 1. The summed E-state index contributed by atoms with van der Waals surface area (Å²) in [6.07, 6.45) is 2.73. The Balaban J connectivity index is 1.15. The molecule has 5 rings (SSSR count). The van der Waals surface area contributed by atoms with Gasteiger partial charge in [-0.05, 0) is 67.1 Å². The number of para-hydroxylation sites is 2. The number of thiazole rings is 1. The van der Waals surface area contributed by atoms with E-state index in [1.807, 2.05) is 71.6 Å². The fourth-order valence-corrected chi connectivity index (χ4v) is 5.51. The van der Waals surface area contributed by atoms with E-state index in [2.05, 4.69) is 15.6 Å². The first-order chi connectivity index (χ1) is 17.0. The number of likely N-dealkylation sites (tertiary alicyclic amines) is 1. The van der Waals surface area contributed by atoms with E-state index in [4.69, 9.17) is 11.6 Å². The van der Waals surface area contributed by atoms with Gasteiger partial charge in [0.25, 0.3) is 5.91 Å². The van der Waals surface area contributed by atoms with Crippen LogP contribution in [0.2, 0.25) is 5.02 Å². The van der Waals surface area contributed by atoms with Crippen molar-refractivity contribution in [2.45, 2.75) is 19.3 Å². The molecule has 1 aliphatic rings. The minimum Gasteiger partial charge on any atom is -0.325 e. The van der Waals surface area contributed by atoms with Crippen LogP contribution in [0.1, 0.15) is 28.8 Å². The Morgan fingerprint density at radius 1 is 0.971 bits per heavy atom. The lowest BCUT2D eigenvalue weighted by Gasteiger charge is -2.32. The van der Waals surface area contributed by atoms with Gasteiger partial charge in [-0.15, -0.1) is 0 Å². The molecule has 0 radical (unpaired) electrons. The van der Waals surface area contributed by atoms with E-state index in [-0.39, 0.29) is 11.9 Å². The van der Waals surface area contributed by atoms with Crippen LogP contribution < -0.4 is 10.6 Å². The number of benzene rings is 3. The molecule has 0 atom stereocenters. The predicted molar refractivity (Wildman–Crippen MR) is 142 cm³/mol. The lowest BCUT2D eigenvalue weighted by molar-refractivity contribution is 0.102. The number of anilines is 2. The maximum absolute atomic E-state index is 12.8. The summed E-state index contributed by atoms with van der Waals surface area (Å²) in [5.41, 5.74) is 3.19. The first-order valence-electron chi connectivity index (χ1n) is 11.6. The van der Waals surface area contributed by atoms with Crippen molar-refractivity contribution in [2.75, 3.05) is 23.7 Å². The summed E-state index contributed by atoms with van der Waals surface area (Å²) in [7, 11) is 0. The first-order valence-corrected chi connectivity index (χ1v) is 12.8. The number of rotatable bonds is 5. The highest BCUT2D eigenvalue weighted by Gasteiger charge is 2.23. The van der Waals surface area contributed by atoms with Gasteiger partial charge >= 0.3 is 6.03 Å². The van der Waals surface area contributed by atoms with Crippen LogP contribution in [0.4, 0.5) is 15.6 Å². The molecule has 0 aliphatic carbocycles. The average molecular weight is 505 g/mol. The fraction of sp³-hybridized carbons (Fsp3) is 0.222. The minimum atomic E-state index is -0.265. The van der Waals surface area contributed by atoms with Crippen molar-refractivity contribution in [3.63, 3.8) is 0 Å². The van der Waals surface area contributed by atoms with Crippen LogP contribution >= 0.6 is 22.9 Å². The third-order valence-corrected chi connectivity index (χ3v) is 7.51. The summed E-state index contributed by atoms with van der Waals surface area (Å²) in [5.74, 6) is 0.201. The average Bonchev–Trinajstić information content (AvgIpc) is 3.27. The molecule has 6 nitrogen and oxygen atoms in total. The molecule has 1 fully saturated rings. The summed E-state index contributed by atoms with van der Waals surface area (Å²) >= 11 is 7.93. The Hall–Kier alpha value is -3.42. The third kappa shape index (κ3) is 5.63. The van der Waals surface area contributed by atoms with Crippen molar-refractivity contribution in [1.82, 2.24) is 9.88 Å². The molecule has 0 saturated carbocycles. The number of piperidine rings is 1. The number of aromatic nitrogens is 1. The Labute approximate surface area is 212 Å². The van der Waals surface area contributed by atoms with Crippen LogP contribution in [0.15, 0.2) is 72.8 Å². The second-order valence-electron chi connectivity index (χ2n) is 8.69. The van der Waals surface area contributed by atoms with Gasteiger partial charge in [-0.3, -0.25) is 10.1 Å². The normalized spacial score (nSPS) is 14.1. The number of amides is 3. The van der Waals surface area contributed by atoms with Crippen LogP contribution in [0.5, 0.6) is 0 Å². The van der Waals surface area contributed by atoms with E-state index in [1.165, 1.54) is 11.3 Å². The zero-order chi connectivity index (χ0) is 24.2. The molecule has 35 heavy (non-hydrogen) atoms. The first kappa shape index (κ1) is 23.3. The number of nitrogens with one attached hydrogen (secondary N) is 2. The number of hydrogen-bond donors (Lipinski definition) is 2. The molecule has 4 aromatic rings. The minimum absolute atomic E-state index is 0.0545. The molecule has 8 heteroatoms. The molecule has 0 spiro atoms. The zero-order valence-corrected chi connectivity index (χ0v) is 20.6. The lowest BCUT2D eigenvalue weighted by Crippen LogP contribution is -2.41. The van der Waals surface area contributed by atoms with E-state index in [0.717, 1.165) is 53.8 Å². The number of carbonyl (C=O) groups is 2. The van der Waals surface area contributed by atoms with E-state index in [9.17, 15) is 9.59 Å². The second kappa shape index (κ2) is 10.5. The molecule has 178 valence electrons. The number of urea groups is 1. The number of hydrogen-bond acceptors (Lipinski definition) is 4. The van der Waals surface area contributed by atoms with Gasteiger partial charge in [0.1, 0.15) is 0 Å². The van der Waals surface area contributed by atoms with Gasteiger partial charge in [-0.1, -0.05) is 59.3 Å². The topological polar surface area (TPSA) is 74.3 Å². The molecule has 2 heterocycles. The van der Waals surface area contributed by atoms with Crippen molar-refractivity contribution >= 4 is 55.9 Å². The van der Waals surface area contributed by atoms with E-state index in [0.29, 0.717) is 21.6 Å². The molecule has 0 bridgehead atoms. The van der Waals surface area contributed by atoms with Crippen LogP contribution in [0, 0.1) is 5.92 Å².